The predicted molar refractivity (Wildman–Crippen MR) is 71.1 cm³/mol. The maximum atomic E-state index is 11.7. The molecular weight excluding hydrogens is 252 g/mol. The molecule has 2 atom stereocenters. The molecule has 0 saturated carbocycles. The Bertz CT molecular complexity index is 407. The third-order valence-corrected chi connectivity index (χ3v) is 2.84. The van der Waals surface area contributed by atoms with Crippen LogP contribution in [0.25, 0.3) is 0 Å². The molecule has 98 valence electrons. The molecule has 1 aromatic rings. The average molecular weight is 268 g/mol. The Kier molecular flexibility index (Phi) is 6.00. The maximum absolute atomic E-state index is 11.7. The molecule has 0 heterocycles. The Morgan fingerprint density at radius 2 is 1.89 bits per heavy atom. The summed E-state index contributed by atoms with van der Waals surface area (Å²) in [5, 5.41) is 8.89. The lowest BCUT2D eigenvalue weighted by atomic mass is 9.98. The van der Waals surface area contributed by atoms with Crippen molar-refractivity contribution in [1.29, 1.82) is 0 Å². The summed E-state index contributed by atoms with van der Waals surface area (Å²) in [6, 6.07) is 7.27. The van der Waals surface area contributed by atoms with E-state index in [1.807, 2.05) is 30.3 Å². The van der Waals surface area contributed by atoms with E-state index in [4.69, 9.17) is 10.8 Å². The van der Waals surface area contributed by atoms with E-state index in [1.165, 1.54) is 0 Å². The number of hydrogen-bond donors (Lipinski definition) is 4. The average Bonchev–Trinajstić information content (AvgIpc) is 2.40. The largest absolute Gasteiger partial charge is 0.394 e. The van der Waals surface area contributed by atoms with Crippen LogP contribution in [0.3, 0.4) is 0 Å². The number of nitrogens with two attached hydrogens (primary N) is 1. The number of hydrogen-bond acceptors (Lipinski definition) is 6. The van der Waals surface area contributed by atoms with Crippen LogP contribution in [0.2, 0.25) is 0 Å². The normalized spacial score (nSPS) is 13.9. The molecule has 0 amide bonds. The van der Waals surface area contributed by atoms with Crippen molar-refractivity contribution in [3.8, 4) is 0 Å². The van der Waals surface area contributed by atoms with Crippen LogP contribution in [-0.2, 0) is 16.0 Å². The third kappa shape index (κ3) is 3.92. The van der Waals surface area contributed by atoms with Crippen LogP contribution in [0.1, 0.15) is 5.56 Å². The Balaban J connectivity index is 2.64. The van der Waals surface area contributed by atoms with Gasteiger partial charge < -0.3 is 10.8 Å². The van der Waals surface area contributed by atoms with Gasteiger partial charge in [-0.05, 0) is 12.0 Å². The zero-order valence-electron chi connectivity index (χ0n) is 9.74. The summed E-state index contributed by atoms with van der Waals surface area (Å²) in [4.78, 5) is 23.4. The quantitative estimate of drug-likeness (QED) is 0.395. The van der Waals surface area contributed by atoms with E-state index in [1.54, 1.807) is 0 Å². The first-order valence-corrected chi connectivity index (χ1v) is 5.93. The van der Waals surface area contributed by atoms with Gasteiger partial charge in [-0.15, -0.1) is 0 Å². The fraction of sp³-hybridized carbons (Fsp3) is 0.333. The van der Waals surface area contributed by atoms with Crippen LogP contribution >= 0.6 is 12.8 Å². The summed E-state index contributed by atoms with van der Waals surface area (Å²) in [7, 11) is 0. The Hall–Kier alpha value is -1.21. The molecule has 0 spiro atoms. The van der Waals surface area contributed by atoms with Crippen molar-refractivity contribution in [3.63, 3.8) is 0 Å². The van der Waals surface area contributed by atoms with Crippen LogP contribution in [0.5, 0.6) is 0 Å². The highest BCUT2D eigenvalue weighted by Gasteiger charge is 2.28. The van der Waals surface area contributed by atoms with Crippen molar-refractivity contribution in [2.45, 2.75) is 18.5 Å². The number of ketones is 2. The highest BCUT2D eigenvalue weighted by atomic mass is 32.1. The molecular formula is C12H16N2O3S. The minimum atomic E-state index is -1.01. The molecule has 0 aromatic heterocycles. The molecule has 0 saturated heterocycles. The number of carbonyl (C=O) groups is 2. The summed E-state index contributed by atoms with van der Waals surface area (Å²) in [6.07, 6.45) is 0.288. The first-order chi connectivity index (χ1) is 8.60. The van der Waals surface area contributed by atoms with Crippen molar-refractivity contribution >= 4 is 24.4 Å². The Labute approximate surface area is 111 Å². The molecule has 0 bridgehead atoms. The van der Waals surface area contributed by atoms with Gasteiger partial charge in [0.2, 0.25) is 11.6 Å². The first-order valence-electron chi connectivity index (χ1n) is 5.48. The second-order valence-corrected chi connectivity index (χ2v) is 4.15. The molecule has 6 heteroatoms. The van der Waals surface area contributed by atoms with Crippen LogP contribution in [0, 0.1) is 0 Å². The molecule has 0 fully saturated rings. The van der Waals surface area contributed by atoms with Crippen LogP contribution in [0.15, 0.2) is 30.3 Å². The number of thiol groups is 1. The lowest BCUT2D eigenvalue weighted by Crippen LogP contribution is -2.46. The highest BCUT2D eigenvalue weighted by Crippen LogP contribution is 2.04. The van der Waals surface area contributed by atoms with Gasteiger partial charge >= 0.3 is 0 Å². The Morgan fingerprint density at radius 3 is 2.39 bits per heavy atom. The summed E-state index contributed by atoms with van der Waals surface area (Å²) in [5.74, 6) is -1.46. The number of aliphatic hydroxyl groups is 1. The van der Waals surface area contributed by atoms with E-state index >= 15 is 0 Å². The molecule has 0 radical (unpaired) electrons. The summed E-state index contributed by atoms with van der Waals surface area (Å²) >= 11 is 3.67. The number of rotatable bonds is 7. The SMILES string of the molecule is N[C@@H](Cc1ccccc1)C(=O)C(=O)[C@H](CO)NS. The number of aliphatic hydroxyl groups excluding tert-OH is 1. The van der Waals surface area contributed by atoms with Gasteiger partial charge in [0.05, 0.1) is 12.6 Å². The zero-order chi connectivity index (χ0) is 13.5. The number of Topliss-reactive ketones (excluding diaryl/α,β-unsaturated/α-hetero) is 2. The zero-order valence-corrected chi connectivity index (χ0v) is 10.6. The van der Waals surface area contributed by atoms with E-state index in [0.717, 1.165) is 5.56 Å². The topological polar surface area (TPSA) is 92.4 Å². The molecule has 0 aliphatic rings. The fourth-order valence-corrected chi connectivity index (χ4v) is 1.70. The lowest BCUT2D eigenvalue weighted by molar-refractivity contribution is -0.138. The van der Waals surface area contributed by atoms with Gasteiger partial charge in [-0.1, -0.05) is 43.1 Å². The first kappa shape index (κ1) is 14.8. The van der Waals surface area contributed by atoms with Crippen molar-refractivity contribution in [1.82, 2.24) is 4.72 Å². The lowest BCUT2D eigenvalue weighted by Gasteiger charge is -2.14. The molecule has 18 heavy (non-hydrogen) atoms. The van der Waals surface area contributed by atoms with Gasteiger partial charge in [0.1, 0.15) is 6.04 Å². The van der Waals surface area contributed by atoms with E-state index < -0.39 is 30.3 Å². The minimum absolute atomic E-state index is 0.288. The molecule has 0 unspecified atom stereocenters. The van der Waals surface area contributed by atoms with Crippen molar-refractivity contribution in [2.24, 2.45) is 5.73 Å². The van der Waals surface area contributed by atoms with Gasteiger partial charge in [0.15, 0.2) is 0 Å². The van der Waals surface area contributed by atoms with Gasteiger partial charge in [0, 0.05) is 0 Å². The standard InChI is InChI=1S/C12H16N2O3S/c13-9(6-8-4-2-1-3-5-8)11(16)12(17)10(7-15)14-18/h1-5,9-10,14-15,18H,6-7,13H2/t9-,10-/m0/s1. The minimum Gasteiger partial charge on any atom is -0.394 e. The summed E-state index contributed by atoms with van der Waals surface area (Å²) < 4.78 is 2.27. The second-order valence-electron chi connectivity index (χ2n) is 3.89. The summed E-state index contributed by atoms with van der Waals surface area (Å²) in [5.41, 5.74) is 6.57. The van der Waals surface area contributed by atoms with Crippen molar-refractivity contribution < 1.29 is 14.7 Å². The van der Waals surface area contributed by atoms with Gasteiger partial charge in [-0.3, -0.25) is 14.3 Å². The molecule has 0 aliphatic carbocycles. The molecule has 1 aromatic carbocycles. The van der Waals surface area contributed by atoms with Crippen LogP contribution in [-0.4, -0.2) is 35.4 Å². The maximum Gasteiger partial charge on any atom is 0.220 e. The van der Waals surface area contributed by atoms with Gasteiger partial charge in [-0.2, -0.15) is 0 Å². The highest BCUT2D eigenvalue weighted by molar-refractivity contribution is 7.78. The van der Waals surface area contributed by atoms with E-state index in [0.29, 0.717) is 0 Å². The fourth-order valence-electron chi connectivity index (χ4n) is 1.50. The van der Waals surface area contributed by atoms with Crippen molar-refractivity contribution in [3.05, 3.63) is 35.9 Å². The van der Waals surface area contributed by atoms with Gasteiger partial charge in [0.25, 0.3) is 0 Å². The van der Waals surface area contributed by atoms with Crippen LogP contribution < -0.4 is 10.5 Å². The van der Waals surface area contributed by atoms with E-state index in [-0.39, 0.29) is 6.42 Å². The van der Waals surface area contributed by atoms with Crippen LogP contribution in [0.4, 0.5) is 0 Å². The number of nitrogens with one attached hydrogen (secondary N) is 1. The second kappa shape index (κ2) is 7.27. The molecule has 5 nitrogen and oxygen atoms in total. The summed E-state index contributed by atoms with van der Waals surface area (Å²) in [6.45, 7) is -0.494. The van der Waals surface area contributed by atoms with Crippen molar-refractivity contribution in [2.75, 3.05) is 6.61 Å². The predicted octanol–water partition coefficient (Wildman–Crippen LogP) is -0.510. The smallest absolute Gasteiger partial charge is 0.220 e. The number of carbonyl (C=O) groups excluding carboxylic acids is 2. The monoisotopic (exact) mass is 268 g/mol. The van der Waals surface area contributed by atoms with Gasteiger partial charge in [-0.25, -0.2) is 0 Å². The van der Waals surface area contributed by atoms with E-state index in [2.05, 4.69) is 17.5 Å². The molecule has 0 aliphatic heterocycles. The number of benzene rings is 1. The third-order valence-electron chi connectivity index (χ3n) is 2.53. The van der Waals surface area contributed by atoms with E-state index in [9.17, 15) is 9.59 Å². The molecule has 4 N–H and O–H groups in total. The Morgan fingerprint density at radius 1 is 1.28 bits per heavy atom. The molecule has 1 rings (SSSR count).